The van der Waals surface area contributed by atoms with Gasteiger partial charge in [-0.05, 0) is 18.2 Å². The Morgan fingerprint density at radius 1 is 1.19 bits per heavy atom. The summed E-state index contributed by atoms with van der Waals surface area (Å²) < 4.78 is 41.1. The Morgan fingerprint density at radius 2 is 2.00 bits per heavy atom. The van der Waals surface area contributed by atoms with E-state index in [2.05, 4.69) is 19.6 Å². The molecule has 0 spiro atoms. The predicted molar refractivity (Wildman–Crippen MR) is 119 cm³/mol. The van der Waals surface area contributed by atoms with Crippen molar-refractivity contribution in [3.63, 3.8) is 0 Å². The first-order valence-electron chi connectivity index (χ1n) is 9.84. The molecule has 10 heteroatoms. The van der Waals surface area contributed by atoms with E-state index in [4.69, 9.17) is 9.47 Å². The lowest BCUT2D eigenvalue weighted by Crippen LogP contribution is -2.36. The van der Waals surface area contributed by atoms with Crippen molar-refractivity contribution in [1.82, 2.24) is 9.97 Å². The van der Waals surface area contributed by atoms with Crippen LogP contribution in [0.5, 0.6) is 5.88 Å². The summed E-state index contributed by atoms with van der Waals surface area (Å²) in [6.45, 7) is 2.67. The topological polar surface area (TPSA) is 93.7 Å². The lowest BCUT2D eigenvalue weighted by molar-refractivity contribution is 0.112. The fourth-order valence-electron chi connectivity index (χ4n) is 3.35. The molecule has 0 saturated carbocycles. The molecule has 1 aliphatic heterocycles. The molecule has 3 aromatic rings. The second-order valence-electron chi connectivity index (χ2n) is 6.99. The van der Waals surface area contributed by atoms with Crippen LogP contribution in [0.3, 0.4) is 0 Å². The van der Waals surface area contributed by atoms with Crippen LogP contribution >= 0.6 is 0 Å². The summed E-state index contributed by atoms with van der Waals surface area (Å²) in [6.07, 6.45) is 5.25. The number of halogens is 1. The molecule has 0 aliphatic carbocycles. The van der Waals surface area contributed by atoms with Gasteiger partial charge in [0.2, 0.25) is 5.88 Å². The highest BCUT2D eigenvalue weighted by molar-refractivity contribution is 7.86. The zero-order chi connectivity index (χ0) is 22.5. The van der Waals surface area contributed by atoms with Crippen molar-refractivity contribution in [3.05, 3.63) is 60.3 Å². The van der Waals surface area contributed by atoms with Crippen molar-refractivity contribution in [2.75, 3.05) is 43.0 Å². The molecule has 3 heterocycles. The highest BCUT2D eigenvalue weighted by atomic mass is 32.2. The lowest BCUT2D eigenvalue weighted by Gasteiger charge is -2.28. The third-order valence-corrected chi connectivity index (χ3v) is 6.08. The average molecular weight is 456 g/mol. The van der Waals surface area contributed by atoms with E-state index >= 15 is 0 Å². The molecule has 1 saturated heterocycles. The highest BCUT2D eigenvalue weighted by Crippen LogP contribution is 2.28. The number of aldehydes is 1. The smallest absolute Gasteiger partial charge is 0.231 e. The van der Waals surface area contributed by atoms with Gasteiger partial charge in [-0.1, -0.05) is 12.1 Å². The van der Waals surface area contributed by atoms with Crippen molar-refractivity contribution in [2.24, 2.45) is 0 Å². The number of pyridine rings is 2. The van der Waals surface area contributed by atoms with E-state index in [1.165, 1.54) is 31.6 Å². The zero-order valence-corrected chi connectivity index (χ0v) is 18.1. The number of hydrogen-bond donors (Lipinski definition) is 1. The minimum absolute atomic E-state index is 0.243. The predicted octanol–water partition coefficient (Wildman–Crippen LogP) is 3.08. The zero-order valence-electron chi connectivity index (χ0n) is 17.3. The third-order valence-electron chi connectivity index (χ3n) is 4.96. The number of carbonyl (C=O) groups excluding carboxylic acids is 1. The third kappa shape index (κ3) is 4.76. The van der Waals surface area contributed by atoms with Crippen molar-refractivity contribution < 1.29 is 22.9 Å². The van der Waals surface area contributed by atoms with Crippen LogP contribution in [0, 0.1) is 5.82 Å². The fraction of sp³-hybridized carbons (Fsp3) is 0.227. The number of carbonyl (C=O) groups is 1. The van der Waals surface area contributed by atoms with Gasteiger partial charge in [-0.15, -0.1) is 0 Å². The van der Waals surface area contributed by atoms with Crippen LogP contribution in [0.1, 0.15) is 10.4 Å². The first kappa shape index (κ1) is 21.8. The van der Waals surface area contributed by atoms with Crippen molar-refractivity contribution in [2.45, 2.75) is 4.90 Å². The molecule has 1 N–H and O–H groups in total. The van der Waals surface area contributed by atoms with Crippen LogP contribution in [-0.4, -0.2) is 53.9 Å². The van der Waals surface area contributed by atoms with E-state index in [0.717, 1.165) is 11.8 Å². The second kappa shape index (κ2) is 9.84. The number of aromatic nitrogens is 2. The summed E-state index contributed by atoms with van der Waals surface area (Å²) in [5.41, 5.74) is 2.26. The van der Waals surface area contributed by atoms with Gasteiger partial charge in [-0.3, -0.25) is 14.5 Å². The van der Waals surface area contributed by atoms with Crippen LogP contribution in [0.4, 0.5) is 15.8 Å². The summed E-state index contributed by atoms with van der Waals surface area (Å²) >= 11 is 0. The summed E-state index contributed by atoms with van der Waals surface area (Å²) in [5, 5.41) is 0. The molecule has 2 aromatic heterocycles. The molecular weight excluding hydrogens is 435 g/mol. The summed E-state index contributed by atoms with van der Waals surface area (Å²) in [7, 11) is -0.247. The van der Waals surface area contributed by atoms with Gasteiger partial charge in [-0.25, -0.2) is 13.6 Å². The van der Waals surface area contributed by atoms with Crippen molar-refractivity contribution in [3.8, 4) is 17.0 Å². The second-order valence-corrected chi connectivity index (χ2v) is 8.17. The molecule has 1 atom stereocenters. The van der Waals surface area contributed by atoms with Gasteiger partial charge < -0.3 is 14.4 Å². The quantitative estimate of drug-likeness (QED) is 0.546. The molecular formula is C22H21FN4O4S. The van der Waals surface area contributed by atoms with Crippen molar-refractivity contribution >= 4 is 28.6 Å². The van der Waals surface area contributed by atoms with Crippen molar-refractivity contribution in [1.29, 1.82) is 0 Å². The number of ether oxygens (including phenoxy) is 2. The molecule has 166 valence electrons. The van der Waals surface area contributed by atoms with E-state index in [1.54, 1.807) is 18.3 Å². The Morgan fingerprint density at radius 3 is 2.72 bits per heavy atom. The molecule has 8 nitrogen and oxygen atoms in total. The van der Waals surface area contributed by atoms with Crippen LogP contribution in [0.15, 0.2) is 53.8 Å². The summed E-state index contributed by atoms with van der Waals surface area (Å²) in [6, 6.07) is 7.60. The normalized spacial score (nSPS) is 14.6. The van der Waals surface area contributed by atoms with Crippen LogP contribution < -0.4 is 14.4 Å². The Balaban J connectivity index is 1.59. The Bertz CT molecular complexity index is 1150. The van der Waals surface area contributed by atoms with Gasteiger partial charge in [0.15, 0.2) is 11.0 Å². The lowest BCUT2D eigenvalue weighted by atomic mass is 10.0. The number of hydrogen-bond acceptors (Lipinski definition) is 7. The molecule has 32 heavy (non-hydrogen) atoms. The fourth-order valence-corrected chi connectivity index (χ4v) is 4.30. The largest absolute Gasteiger partial charge is 0.480 e. The molecule has 0 amide bonds. The maximum atomic E-state index is 14.4. The molecule has 1 aliphatic rings. The standard InChI is InChI=1S/C22H21FN4O4S/c1-30-22-21(10-18(13-25-22)27-4-6-31-7-5-27)32(29)26-17-9-16(11-24-12-17)19-3-2-15(14-28)8-20(19)23/h2-3,8-14,26H,4-7H2,1H3. The number of nitrogens with zero attached hydrogens (tertiary/aromatic N) is 3. The van der Waals surface area contributed by atoms with Gasteiger partial charge in [0, 0.05) is 36.0 Å². The average Bonchev–Trinajstić information content (AvgIpc) is 2.84. The minimum atomic E-state index is -1.71. The molecule has 4 rings (SSSR count). The monoisotopic (exact) mass is 456 g/mol. The number of anilines is 2. The highest BCUT2D eigenvalue weighted by Gasteiger charge is 2.18. The molecule has 0 bridgehead atoms. The number of morpholine rings is 1. The van der Waals surface area contributed by atoms with E-state index in [-0.39, 0.29) is 17.0 Å². The van der Waals surface area contributed by atoms with Crippen LogP contribution in [0.25, 0.3) is 11.1 Å². The molecule has 1 fully saturated rings. The van der Waals surface area contributed by atoms with Gasteiger partial charge in [-0.2, -0.15) is 0 Å². The van der Waals surface area contributed by atoms with Gasteiger partial charge in [0.05, 0.1) is 44.1 Å². The number of benzene rings is 1. The van der Waals surface area contributed by atoms with E-state index < -0.39 is 16.8 Å². The number of nitrogens with one attached hydrogen (secondary N) is 1. The Labute approximate surface area is 187 Å². The van der Waals surface area contributed by atoms with E-state index in [9.17, 15) is 13.4 Å². The summed E-state index contributed by atoms with van der Waals surface area (Å²) in [5.74, 6) is -0.300. The van der Waals surface area contributed by atoms with Gasteiger partial charge in [0.1, 0.15) is 17.0 Å². The van der Waals surface area contributed by atoms with E-state index in [0.29, 0.717) is 48.7 Å². The number of methoxy groups -OCH3 is 1. The van der Waals surface area contributed by atoms with Gasteiger partial charge in [0.25, 0.3) is 0 Å². The first-order valence-corrected chi connectivity index (χ1v) is 11.0. The van der Waals surface area contributed by atoms with Gasteiger partial charge >= 0.3 is 0 Å². The Kier molecular flexibility index (Phi) is 6.72. The van der Waals surface area contributed by atoms with Crippen LogP contribution in [0.2, 0.25) is 0 Å². The maximum absolute atomic E-state index is 14.4. The molecule has 0 radical (unpaired) electrons. The number of rotatable bonds is 7. The summed E-state index contributed by atoms with van der Waals surface area (Å²) in [4.78, 5) is 21.7. The van der Waals surface area contributed by atoms with Crippen LogP contribution in [-0.2, 0) is 15.7 Å². The maximum Gasteiger partial charge on any atom is 0.231 e. The Hall–Kier alpha value is -3.37. The first-order chi connectivity index (χ1) is 15.6. The SMILES string of the molecule is COc1ncc(N2CCOCC2)cc1S(=O)Nc1cncc(-c2ccc(C=O)cc2F)c1. The van der Waals surface area contributed by atoms with E-state index in [1.807, 2.05) is 0 Å². The molecule has 1 aromatic carbocycles. The molecule has 1 unspecified atom stereocenters. The minimum Gasteiger partial charge on any atom is -0.480 e.